The van der Waals surface area contributed by atoms with E-state index in [1.54, 1.807) is 0 Å². The first-order valence-corrected chi connectivity index (χ1v) is 10.0. The van der Waals surface area contributed by atoms with Crippen LogP contribution in [0.5, 0.6) is 0 Å². The van der Waals surface area contributed by atoms with Crippen LogP contribution in [0.3, 0.4) is 0 Å². The van der Waals surface area contributed by atoms with E-state index in [9.17, 15) is 0 Å². The normalized spacial score (nSPS) is 11.7. The van der Waals surface area contributed by atoms with Crippen LogP contribution in [-0.4, -0.2) is 24.4 Å². The van der Waals surface area contributed by atoms with Gasteiger partial charge in [-0.25, -0.2) is 24.3 Å². The van der Waals surface area contributed by atoms with Gasteiger partial charge in [-0.2, -0.15) is 12.2 Å². The quantitative estimate of drug-likeness (QED) is 0.522. The average molecular weight is 426 g/mol. The first-order valence-electron chi connectivity index (χ1n) is 6.51. The summed E-state index contributed by atoms with van der Waals surface area (Å²) in [6.45, 7) is 6.78. The molecule has 0 spiro atoms. The molecule has 0 atom stereocenters. The summed E-state index contributed by atoms with van der Waals surface area (Å²) in [6.07, 6.45) is 20.9. The number of aliphatic hydroxyl groups excluding tert-OH is 1. The molecule has 21 heavy (non-hydrogen) atoms. The Morgan fingerprint density at radius 1 is 1.10 bits per heavy atom. The van der Waals surface area contributed by atoms with Gasteiger partial charge in [-0.05, 0) is 0 Å². The van der Waals surface area contributed by atoms with Crippen molar-refractivity contribution < 1.29 is 29.3 Å². The summed E-state index contributed by atoms with van der Waals surface area (Å²) in [5, 5.41) is 8.23. The predicted octanol–water partition coefficient (Wildman–Crippen LogP) is 4.08. The van der Waals surface area contributed by atoms with Crippen molar-refractivity contribution in [3.8, 4) is 0 Å². The van der Waals surface area contributed by atoms with E-state index in [2.05, 4.69) is 44.3 Å². The van der Waals surface area contributed by atoms with Gasteiger partial charge in [-0.3, -0.25) is 12.2 Å². The Balaban J connectivity index is -0.0000000909. The van der Waals surface area contributed by atoms with Gasteiger partial charge in [-0.1, -0.05) is 13.1 Å². The number of allylic oxidation sites excluding steroid dienone is 8. The molecular formula is C16H27Cl2OSiZr. The minimum absolute atomic E-state index is 0. The third-order valence-corrected chi connectivity index (χ3v) is 2.27. The summed E-state index contributed by atoms with van der Waals surface area (Å²) in [6, 6.07) is 0. The van der Waals surface area contributed by atoms with Crippen molar-refractivity contribution in [2.75, 3.05) is 6.61 Å². The van der Waals surface area contributed by atoms with Crippen LogP contribution in [-0.2, 0) is 24.2 Å². The van der Waals surface area contributed by atoms with Crippen molar-refractivity contribution >= 4 is 37.5 Å². The van der Waals surface area contributed by atoms with Crippen LogP contribution < -0.4 is 0 Å². The van der Waals surface area contributed by atoms with E-state index in [0.29, 0.717) is 6.61 Å². The molecule has 0 aromatic carbocycles. The average Bonchev–Trinajstić information content (AvgIpc) is 3.10. The molecule has 1 nitrogen and oxygen atoms in total. The Hall–Kier alpha value is 0.470. The number of rotatable bonds is 2. The fourth-order valence-corrected chi connectivity index (χ4v) is 1.12. The Morgan fingerprint density at radius 2 is 1.48 bits per heavy atom. The molecule has 0 aromatic rings. The van der Waals surface area contributed by atoms with Crippen LogP contribution in [0.15, 0.2) is 36.5 Å². The maximum absolute atomic E-state index is 8.23. The maximum atomic E-state index is 8.23. The first-order chi connectivity index (χ1) is 9.18. The summed E-state index contributed by atoms with van der Waals surface area (Å²) in [7, 11) is 0.750. The summed E-state index contributed by atoms with van der Waals surface area (Å²) in [4.78, 5) is 0. The molecule has 0 saturated heterocycles. The number of halogens is 2. The fourth-order valence-electron chi connectivity index (χ4n) is 0.848. The smallest absolute Gasteiger partial charge is 0.0213 e. The Labute approximate surface area is 160 Å². The first kappa shape index (κ1) is 29.5. The minimum atomic E-state index is 0. The van der Waals surface area contributed by atoms with Gasteiger partial charge < -0.3 is 0 Å². The van der Waals surface area contributed by atoms with Crippen molar-refractivity contribution in [1.29, 1.82) is 0 Å². The molecule has 2 aliphatic rings. The number of aliphatic hydroxyl groups is 1. The molecule has 0 bridgehead atoms. The molecule has 0 saturated carbocycles. The van der Waals surface area contributed by atoms with Crippen molar-refractivity contribution in [3.05, 3.63) is 48.6 Å². The molecular weight excluding hydrogens is 398 g/mol. The zero-order valence-electron chi connectivity index (χ0n) is 13.1. The van der Waals surface area contributed by atoms with Crippen molar-refractivity contribution in [2.45, 2.75) is 39.3 Å². The molecule has 5 heteroatoms. The van der Waals surface area contributed by atoms with Crippen LogP contribution in [0, 0.1) is 12.2 Å². The standard InChI is InChI=1S/2C5H5.C4H8O.C2H7Si.2ClH.Zr/c2*1-2-4-5-3-1;1-2-3-4-5;1-3-2;;;/h2*1-3H,4H2;5H,3-4H2,1H3;3H,1-2H3;2*1H;/q2*-1;;;;;+2. The van der Waals surface area contributed by atoms with Crippen molar-refractivity contribution in [2.24, 2.45) is 0 Å². The van der Waals surface area contributed by atoms with E-state index in [1.807, 2.05) is 24.3 Å². The molecule has 1 N–H and O–H groups in total. The third-order valence-electron chi connectivity index (χ3n) is 1.66. The van der Waals surface area contributed by atoms with E-state index in [-0.39, 0.29) is 24.8 Å². The molecule has 2 aliphatic carbocycles. The molecule has 0 aliphatic heterocycles. The van der Waals surface area contributed by atoms with E-state index >= 15 is 0 Å². The van der Waals surface area contributed by atoms with Crippen molar-refractivity contribution in [3.63, 3.8) is 0 Å². The molecule has 0 aromatic heterocycles. The molecule has 1 radical (unpaired) electrons. The maximum Gasteiger partial charge on any atom is 0.0213 e. The van der Waals surface area contributed by atoms with Gasteiger partial charge in [0.1, 0.15) is 0 Å². The second-order valence-corrected chi connectivity index (χ2v) is 7.09. The van der Waals surface area contributed by atoms with Crippen molar-refractivity contribution in [1.82, 2.24) is 0 Å². The van der Waals surface area contributed by atoms with Gasteiger partial charge in [0.25, 0.3) is 0 Å². The predicted molar refractivity (Wildman–Crippen MR) is 98.9 cm³/mol. The zero-order chi connectivity index (χ0) is 14.8. The van der Waals surface area contributed by atoms with Gasteiger partial charge in [-0.15, -0.1) is 37.7 Å². The van der Waals surface area contributed by atoms with Gasteiger partial charge in [0.2, 0.25) is 0 Å². The monoisotopic (exact) mass is 423 g/mol. The largest absolute Gasteiger partial charge is 0.273 e. The van der Waals surface area contributed by atoms with E-state index in [0.717, 1.165) is 28.8 Å². The van der Waals surface area contributed by atoms with E-state index in [1.165, 1.54) is 27.4 Å². The number of hydrogen-bond acceptors (Lipinski definition) is 1. The Bertz CT molecular complexity index is 271. The molecule has 119 valence electrons. The minimum Gasteiger partial charge on any atom is -0.273 e. The molecule has 2 rings (SSSR count). The van der Waals surface area contributed by atoms with Gasteiger partial charge in [0.15, 0.2) is 0 Å². The topological polar surface area (TPSA) is 20.2 Å². The van der Waals surface area contributed by atoms with Crippen LogP contribution >= 0.6 is 24.8 Å². The molecule has 0 heterocycles. The van der Waals surface area contributed by atoms with E-state index < -0.39 is 0 Å². The summed E-state index contributed by atoms with van der Waals surface area (Å²) < 4.78 is 1.38. The van der Waals surface area contributed by atoms with E-state index in [4.69, 9.17) is 5.11 Å². The van der Waals surface area contributed by atoms with Gasteiger partial charge in [0.05, 0.1) is 0 Å². The Morgan fingerprint density at radius 3 is 1.52 bits per heavy atom. The summed E-state index contributed by atoms with van der Waals surface area (Å²) >= 11 is 1.44. The van der Waals surface area contributed by atoms with Gasteiger partial charge >= 0.3 is 52.5 Å². The van der Waals surface area contributed by atoms with Crippen LogP contribution in [0.1, 0.15) is 26.2 Å². The second-order valence-electron chi connectivity index (χ2n) is 3.84. The van der Waals surface area contributed by atoms with Crippen LogP contribution in [0.4, 0.5) is 0 Å². The zero-order valence-corrected chi connectivity index (χ0v) is 18.4. The molecule has 0 fully saturated rings. The molecule has 0 amide bonds. The number of hydrogen-bond donors (Lipinski definition) is 1. The molecule has 0 unspecified atom stereocenters. The Kier molecular flexibility index (Phi) is 40.2. The van der Waals surface area contributed by atoms with Crippen LogP contribution in [0.25, 0.3) is 0 Å². The van der Waals surface area contributed by atoms with Crippen LogP contribution in [0.2, 0.25) is 13.1 Å². The second kappa shape index (κ2) is 28.6. The fraction of sp³-hybridized carbons (Fsp3) is 0.438. The summed E-state index contributed by atoms with van der Waals surface area (Å²) in [5.74, 6) is 0. The summed E-state index contributed by atoms with van der Waals surface area (Å²) in [5.41, 5.74) is 0. The third kappa shape index (κ3) is 38.5. The van der Waals surface area contributed by atoms with Gasteiger partial charge in [0, 0.05) is 9.52 Å². The SMILES string of the molecule is C[C](=[Zr+2])CCO.C[SiH]C.Cl.Cl.[C-]1=CC=CC1.[C-]1=CC=CC1.